The number of hydrogen-bond donors (Lipinski definition) is 1. The second-order valence-electron chi connectivity index (χ2n) is 4.11. The second kappa shape index (κ2) is 2.73. The summed E-state index contributed by atoms with van der Waals surface area (Å²) >= 11 is 0. The molecule has 2 nitrogen and oxygen atoms in total. The highest BCUT2D eigenvalue weighted by atomic mass is 28.3. The Morgan fingerprint density at radius 2 is 2.09 bits per heavy atom. The summed E-state index contributed by atoms with van der Waals surface area (Å²) in [7, 11) is -1.20. The van der Waals surface area contributed by atoms with Crippen molar-refractivity contribution in [2.75, 3.05) is 0 Å². The van der Waals surface area contributed by atoms with E-state index in [0.29, 0.717) is 5.73 Å². The van der Waals surface area contributed by atoms with E-state index in [4.69, 9.17) is 4.74 Å². The molecule has 1 N–H and O–H groups in total. The van der Waals surface area contributed by atoms with Crippen molar-refractivity contribution < 1.29 is 9.84 Å². The molecule has 0 aliphatic carbocycles. The largest absolute Gasteiger partial charge is 0.386 e. The quantitative estimate of drug-likeness (QED) is 0.394. The van der Waals surface area contributed by atoms with Crippen LogP contribution in [-0.2, 0) is 4.74 Å². The first-order valence-corrected chi connectivity index (χ1v) is 7.50. The van der Waals surface area contributed by atoms with Gasteiger partial charge in [0.25, 0.3) is 0 Å². The summed E-state index contributed by atoms with van der Waals surface area (Å²) in [4.78, 5) is 0. The van der Waals surface area contributed by atoms with Crippen LogP contribution in [0.4, 0.5) is 0 Å². The van der Waals surface area contributed by atoms with Crippen molar-refractivity contribution in [1.82, 2.24) is 0 Å². The minimum absolute atomic E-state index is 0.0409. The first-order valence-electron chi connectivity index (χ1n) is 3.93. The molecule has 0 bridgehead atoms. The summed E-state index contributed by atoms with van der Waals surface area (Å²) in [5.74, 6) is 0. The van der Waals surface area contributed by atoms with Gasteiger partial charge in [0.2, 0.25) is 0 Å². The van der Waals surface area contributed by atoms with Crippen molar-refractivity contribution in [2.24, 2.45) is 0 Å². The van der Waals surface area contributed by atoms with Gasteiger partial charge in [0.05, 0.1) is 13.8 Å². The van der Waals surface area contributed by atoms with Crippen LogP contribution in [-0.4, -0.2) is 31.1 Å². The number of rotatable bonds is 3. The summed E-state index contributed by atoms with van der Waals surface area (Å²) in [5.41, 5.74) is 0.329. The first kappa shape index (κ1) is 8.97. The van der Waals surface area contributed by atoms with Crippen LogP contribution in [0.5, 0.6) is 0 Å². The van der Waals surface area contributed by atoms with Crippen LogP contribution in [0.2, 0.25) is 19.6 Å². The zero-order valence-electron chi connectivity index (χ0n) is 7.37. The van der Waals surface area contributed by atoms with E-state index < -0.39 is 14.2 Å². The first-order chi connectivity index (χ1) is 4.96. The van der Waals surface area contributed by atoms with Crippen LogP contribution in [0.1, 0.15) is 0 Å². The van der Waals surface area contributed by atoms with E-state index in [2.05, 4.69) is 26.2 Å². The van der Waals surface area contributed by atoms with Crippen LogP contribution >= 0.6 is 0 Å². The summed E-state index contributed by atoms with van der Waals surface area (Å²) in [6.45, 7) is 10.3. The SMILES string of the molecule is C=C[C@@H](O)[C@H]1O[C@@H]1[Si](C)(C)C. The molecule has 0 aromatic heterocycles. The van der Waals surface area contributed by atoms with Crippen LogP contribution < -0.4 is 0 Å². The molecule has 0 saturated carbocycles. The monoisotopic (exact) mass is 172 g/mol. The fourth-order valence-corrected chi connectivity index (χ4v) is 2.96. The molecule has 3 atom stereocenters. The van der Waals surface area contributed by atoms with Crippen molar-refractivity contribution in [3.8, 4) is 0 Å². The fourth-order valence-electron chi connectivity index (χ4n) is 1.21. The summed E-state index contributed by atoms with van der Waals surface area (Å²) < 4.78 is 5.37. The predicted octanol–water partition coefficient (Wildman–Crippen LogP) is 1.18. The maximum Gasteiger partial charge on any atom is 0.110 e. The van der Waals surface area contributed by atoms with Gasteiger partial charge in [-0.2, -0.15) is 0 Å². The van der Waals surface area contributed by atoms with Gasteiger partial charge in [-0.15, -0.1) is 6.58 Å². The van der Waals surface area contributed by atoms with Gasteiger partial charge in [-0.1, -0.05) is 25.7 Å². The third-order valence-corrected chi connectivity index (χ3v) is 4.13. The Kier molecular flexibility index (Phi) is 2.23. The molecule has 1 saturated heterocycles. The molecule has 0 aromatic carbocycles. The van der Waals surface area contributed by atoms with Crippen LogP contribution in [0, 0.1) is 0 Å². The number of aliphatic hydroxyl groups is 1. The maximum absolute atomic E-state index is 9.31. The van der Waals surface area contributed by atoms with Gasteiger partial charge in [0.1, 0.15) is 12.2 Å². The molecular weight excluding hydrogens is 156 g/mol. The Morgan fingerprint density at radius 1 is 1.55 bits per heavy atom. The fraction of sp³-hybridized carbons (Fsp3) is 0.750. The van der Waals surface area contributed by atoms with Crippen molar-refractivity contribution in [3.05, 3.63) is 12.7 Å². The van der Waals surface area contributed by atoms with E-state index in [1.807, 2.05) is 0 Å². The van der Waals surface area contributed by atoms with E-state index in [-0.39, 0.29) is 6.10 Å². The van der Waals surface area contributed by atoms with E-state index in [1.165, 1.54) is 0 Å². The molecule has 64 valence electrons. The third kappa shape index (κ3) is 1.92. The van der Waals surface area contributed by atoms with Crippen LogP contribution in [0.25, 0.3) is 0 Å². The molecule has 0 aromatic rings. The molecule has 3 heteroatoms. The standard InChI is InChI=1S/C8H16O2Si/c1-5-6(9)7-8(10-7)11(2,3)4/h5-9H,1H2,2-4H3/t6-,7-,8-/m1/s1. The molecule has 0 radical (unpaired) electrons. The molecule has 1 fully saturated rings. The zero-order chi connectivity index (χ0) is 8.65. The molecule has 0 unspecified atom stereocenters. The highest BCUT2D eigenvalue weighted by molar-refractivity contribution is 6.78. The molecule has 11 heavy (non-hydrogen) atoms. The lowest BCUT2D eigenvalue weighted by atomic mass is 10.3. The van der Waals surface area contributed by atoms with Gasteiger partial charge in [0.15, 0.2) is 0 Å². The summed E-state index contributed by atoms with van der Waals surface area (Å²) in [6.07, 6.45) is 1.12. The second-order valence-corrected chi connectivity index (χ2v) is 9.41. The van der Waals surface area contributed by atoms with Crippen LogP contribution in [0.3, 0.4) is 0 Å². The third-order valence-electron chi connectivity index (χ3n) is 1.96. The number of epoxide rings is 1. The Morgan fingerprint density at radius 3 is 2.36 bits per heavy atom. The van der Waals surface area contributed by atoms with Gasteiger partial charge in [-0.3, -0.25) is 0 Å². The number of aliphatic hydroxyl groups excluding tert-OH is 1. The van der Waals surface area contributed by atoms with Gasteiger partial charge >= 0.3 is 0 Å². The average Bonchev–Trinajstić information content (AvgIpc) is 2.62. The molecule has 1 aliphatic rings. The lowest BCUT2D eigenvalue weighted by molar-refractivity contribution is 0.178. The average molecular weight is 172 g/mol. The molecular formula is C8H16O2Si. The smallest absolute Gasteiger partial charge is 0.110 e. The lowest BCUT2D eigenvalue weighted by Gasteiger charge is -2.11. The van der Waals surface area contributed by atoms with Gasteiger partial charge in [-0.05, 0) is 0 Å². The van der Waals surface area contributed by atoms with Crippen molar-refractivity contribution in [3.63, 3.8) is 0 Å². The van der Waals surface area contributed by atoms with Gasteiger partial charge in [0, 0.05) is 0 Å². The summed E-state index contributed by atoms with van der Waals surface area (Å²) in [5, 5.41) is 9.31. The van der Waals surface area contributed by atoms with E-state index in [1.54, 1.807) is 6.08 Å². The lowest BCUT2D eigenvalue weighted by Crippen LogP contribution is -2.32. The molecule has 1 heterocycles. The van der Waals surface area contributed by atoms with Crippen molar-refractivity contribution >= 4 is 8.07 Å². The predicted molar refractivity (Wildman–Crippen MR) is 48.2 cm³/mol. The van der Waals surface area contributed by atoms with E-state index in [0.717, 1.165) is 0 Å². The normalized spacial score (nSPS) is 33.1. The van der Waals surface area contributed by atoms with E-state index in [9.17, 15) is 5.11 Å². The maximum atomic E-state index is 9.31. The highest BCUT2D eigenvalue weighted by Gasteiger charge is 2.50. The van der Waals surface area contributed by atoms with E-state index >= 15 is 0 Å². The number of hydrogen-bond acceptors (Lipinski definition) is 2. The minimum Gasteiger partial charge on any atom is -0.386 e. The molecule has 1 aliphatic heterocycles. The number of ether oxygens (including phenoxy) is 1. The Hall–Kier alpha value is -0.123. The van der Waals surface area contributed by atoms with Crippen molar-refractivity contribution in [1.29, 1.82) is 0 Å². The van der Waals surface area contributed by atoms with Gasteiger partial charge < -0.3 is 9.84 Å². The molecule has 0 spiro atoms. The van der Waals surface area contributed by atoms with Crippen molar-refractivity contribution in [2.45, 2.75) is 37.6 Å². The topological polar surface area (TPSA) is 32.8 Å². The molecule has 0 amide bonds. The zero-order valence-corrected chi connectivity index (χ0v) is 8.37. The Balaban J connectivity index is 2.43. The highest BCUT2D eigenvalue weighted by Crippen LogP contribution is 2.33. The summed E-state index contributed by atoms with van der Waals surface area (Å²) in [6, 6.07) is 0. The Bertz CT molecular complexity index is 162. The minimum atomic E-state index is -1.20. The van der Waals surface area contributed by atoms with Gasteiger partial charge in [-0.25, -0.2) is 0 Å². The molecule has 1 rings (SSSR count). The Labute approximate surface area is 68.9 Å². The van der Waals surface area contributed by atoms with Crippen LogP contribution in [0.15, 0.2) is 12.7 Å².